The van der Waals surface area contributed by atoms with E-state index in [4.69, 9.17) is 0 Å². The number of nitrogens with one attached hydrogen (secondary N) is 1. The smallest absolute Gasteiger partial charge is 0.247 e. The Bertz CT molecular complexity index is 686. The van der Waals surface area contributed by atoms with Gasteiger partial charge in [0.2, 0.25) is 5.95 Å². The minimum Gasteiger partial charge on any atom is -0.247 e. The number of halogens is 2. The summed E-state index contributed by atoms with van der Waals surface area (Å²) in [4.78, 5) is 3.67. The lowest BCUT2D eigenvalue weighted by Crippen LogP contribution is -2.16. The molecule has 0 fully saturated rings. The van der Waals surface area contributed by atoms with Crippen LogP contribution in [0.2, 0.25) is 0 Å². The highest BCUT2D eigenvalue weighted by atomic mass is 79.9. The van der Waals surface area contributed by atoms with Crippen LogP contribution in [-0.4, -0.2) is 23.2 Å². The molecule has 0 radical (unpaired) electrons. The number of sulfonamides is 1. The summed E-state index contributed by atoms with van der Waals surface area (Å²) < 4.78 is 40.6. The molecule has 96 valence electrons. The second-order valence-electron chi connectivity index (χ2n) is 3.39. The predicted molar refractivity (Wildman–Crippen MR) is 65.9 cm³/mol. The molecule has 0 aliphatic heterocycles. The summed E-state index contributed by atoms with van der Waals surface area (Å²) in [5.41, 5.74) is 0. The molecule has 9 heteroatoms. The first-order chi connectivity index (χ1) is 8.40. The molecule has 0 bridgehead atoms. The van der Waals surface area contributed by atoms with E-state index in [0.29, 0.717) is 0 Å². The van der Waals surface area contributed by atoms with E-state index in [1.165, 1.54) is 11.0 Å². The minimum atomic E-state index is -3.84. The maximum absolute atomic E-state index is 12.9. The summed E-state index contributed by atoms with van der Waals surface area (Å²) in [6.45, 7) is 0. The van der Waals surface area contributed by atoms with Gasteiger partial charge in [0.05, 0.1) is 0 Å². The van der Waals surface area contributed by atoms with E-state index in [9.17, 15) is 12.8 Å². The molecule has 0 amide bonds. The van der Waals surface area contributed by atoms with Crippen LogP contribution in [0.15, 0.2) is 33.9 Å². The number of aromatic nitrogens is 3. The second kappa shape index (κ2) is 4.65. The molecule has 0 aliphatic rings. The van der Waals surface area contributed by atoms with E-state index in [2.05, 4.69) is 30.7 Å². The third kappa shape index (κ3) is 2.51. The van der Waals surface area contributed by atoms with Crippen molar-refractivity contribution in [1.82, 2.24) is 14.8 Å². The van der Waals surface area contributed by atoms with E-state index >= 15 is 0 Å². The van der Waals surface area contributed by atoms with Crippen LogP contribution in [0.5, 0.6) is 0 Å². The highest BCUT2D eigenvalue weighted by Crippen LogP contribution is 2.24. The lowest BCUT2D eigenvalue weighted by atomic mass is 10.3. The molecular weight excluding hydrogens is 327 g/mol. The summed E-state index contributed by atoms with van der Waals surface area (Å²) >= 11 is 3.00. The highest BCUT2D eigenvalue weighted by molar-refractivity contribution is 9.10. The number of hydrogen-bond acceptors (Lipinski definition) is 4. The van der Waals surface area contributed by atoms with Crippen LogP contribution in [-0.2, 0) is 17.1 Å². The maximum atomic E-state index is 12.9. The lowest BCUT2D eigenvalue weighted by Gasteiger charge is -2.08. The molecule has 0 saturated heterocycles. The first-order valence-electron chi connectivity index (χ1n) is 4.72. The van der Waals surface area contributed by atoms with E-state index < -0.39 is 15.8 Å². The van der Waals surface area contributed by atoms with Crippen molar-refractivity contribution in [1.29, 1.82) is 0 Å². The number of benzene rings is 1. The Morgan fingerprint density at radius 3 is 2.72 bits per heavy atom. The van der Waals surface area contributed by atoms with Crippen LogP contribution in [0.3, 0.4) is 0 Å². The van der Waals surface area contributed by atoms with Crippen molar-refractivity contribution >= 4 is 31.9 Å². The Morgan fingerprint density at radius 2 is 2.17 bits per heavy atom. The molecule has 1 aromatic carbocycles. The van der Waals surface area contributed by atoms with Crippen molar-refractivity contribution in [3.8, 4) is 0 Å². The molecule has 0 spiro atoms. The van der Waals surface area contributed by atoms with Crippen LogP contribution in [0, 0.1) is 5.82 Å². The van der Waals surface area contributed by atoms with Crippen molar-refractivity contribution in [2.45, 2.75) is 4.90 Å². The Kier molecular flexibility index (Phi) is 3.35. The summed E-state index contributed by atoms with van der Waals surface area (Å²) in [6, 6.07) is 3.30. The minimum absolute atomic E-state index is 0.0752. The van der Waals surface area contributed by atoms with Gasteiger partial charge in [-0.2, -0.15) is 10.1 Å². The zero-order valence-corrected chi connectivity index (χ0v) is 11.5. The molecule has 1 N–H and O–H groups in total. The molecule has 1 heterocycles. The van der Waals surface area contributed by atoms with Crippen molar-refractivity contribution in [3.63, 3.8) is 0 Å². The molecule has 1 aromatic heterocycles. The molecule has 2 aromatic rings. The van der Waals surface area contributed by atoms with E-state index in [1.807, 2.05) is 0 Å². The maximum Gasteiger partial charge on any atom is 0.265 e. The van der Waals surface area contributed by atoms with Crippen LogP contribution in [0.4, 0.5) is 10.3 Å². The van der Waals surface area contributed by atoms with Crippen molar-refractivity contribution in [2.75, 3.05) is 4.72 Å². The molecule has 0 atom stereocenters. The number of hydrogen-bond donors (Lipinski definition) is 1. The predicted octanol–water partition coefficient (Wildman–Crippen LogP) is 1.52. The van der Waals surface area contributed by atoms with E-state index in [-0.39, 0.29) is 15.3 Å². The highest BCUT2D eigenvalue weighted by Gasteiger charge is 2.20. The zero-order valence-electron chi connectivity index (χ0n) is 9.13. The van der Waals surface area contributed by atoms with E-state index in [0.717, 1.165) is 18.2 Å². The standard InChI is InChI=1S/C9H8BrFN4O2S/c1-15-9(12-5-13-15)14-18(16,17)8-3-2-6(11)4-7(8)10/h2-5H,1H3,(H,12,13,14). The van der Waals surface area contributed by atoms with Gasteiger partial charge in [-0.15, -0.1) is 0 Å². The van der Waals surface area contributed by atoms with Gasteiger partial charge >= 0.3 is 0 Å². The first-order valence-corrected chi connectivity index (χ1v) is 6.99. The zero-order chi connectivity index (χ0) is 13.3. The van der Waals surface area contributed by atoms with Gasteiger partial charge in [0.25, 0.3) is 10.0 Å². The summed E-state index contributed by atoms with van der Waals surface area (Å²) in [6.07, 6.45) is 1.22. The number of nitrogens with zero attached hydrogens (tertiary/aromatic N) is 3. The van der Waals surface area contributed by atoms with Gasteiger partial charge in [0, 0.05) is 11.5 Å². The Hall–Kier alpha value is -1.48. The van der Waals surface area contributed by atoms with E-state index in [1.54, 1.807) is 7.05 Å². The van der Waals surface area contributed by atoms with Gasteiger partial charge in [0.1, 0.15) is 17.0 Å². The molecule has 0 aliphatic carbocycles. The Labute approximate surface area is 111 Å². The van der Waals surface area contributed by atoms with Gasteiger partial charge in [-0.25, -0.2) is 22.2 Å². The summed E-state index contributed by atoms with van der Waals surface area (Å²) in [7, 11) is -2.29. The van der Waals surface area contributed by atoms with Gasteiger partial charge < -0.3 is 0 Å². The molecule has 18 heavy (non-hydrogen) atoms. The number of aryl methyl sites for hydroxylation is 1. The fourth-order valence-corrected chi connectivity index (χ4v) is 3.35. The first kappa shape index (κ1) is 13.0. The largest absolute Gasteiger partial charge is 0.265 e. The third-order valence-corrected chi connectivity index (χ3v) is 4.43. The molecule has 0 saturated carbocycles. The molecular formula is C9H8BrFN4O2S. The lowest BCUT2D eigenvalue weighted by molar-refractivity contribution is 0.597. The normalized spacial score (nSPS) is 11.5. The average Bonchev–Trinajstić information content (AvgIpc) is 2.63. The molecule has 6 nitrogen and oxygen atoms in total. The second-order valence-corrected chi connectivity index (χ2v) is 5.89. The van der Waals surface area contributed by atoms with Gasteiger partial charge in [0.15, 0.2) is 0 Å². The summed E-state index contributed by atoms with van der Waals surface area (Å²) in [5, 5.41) is 3.74. The Balaban J connectivity index is 2.40. The van der Waals surface area contributed by atoms with Crippen LogP contribution < -0.4 is 4.72 Å². The number of rotatable bonds is 3. The van der Waals surface area contributed by atoms with Crippen molar-refractivity contribution in [2.24, 2.45) is 7.05 Å². The van der Waals surface area contributed by atoms with Crippen molar-refractivity contribution < 1.29 is 12.8 Å². The van der Waals surface area contributed by atoms with Gasteiger partial charge in [-0.1, -0.05) is 0 Å². The SMILES string of the molecule is Cn1ncnc1NS(=O)(=O)c1ccc(F)cc1Br. The molecule has 0 unspecified atom stereocenters. The van der Waals surface area contributed by atoms with Crippen LogP contribution in [0.1, 0.15) is 0 Å². The van der Waals surface area contributed by atoms with Crippen molar-refractivity contribution in [3.05, 3.63) is 34.8 Å². The number of anilines is 1. The monoisotopic (exact) mass is 334 g/mol. The van der Waals surface area contributed by atoms with Gasteiger partial charge in [-0.3, -0.25) is 0 Å². The fourth-order valence-electron chi connectivity index (χ4n) is 1.26. The Morgan fingerprint density at radius 1 is 1.44 bits per heavy atom. The summed E-state index contributed by atoms with van der Waals surface area (Å²) in [5.74, 6) is -0.453. The average molecular weight is 335 g/mol. The fraction of sp³-hybridized carbons (Fsp3) is 0.111. The van der Waals surface area contributed by atoms with Gasteiger partial charge in [-0.05, 0) is 34.1 Å². The third-order valence-electron chi connectivity index (χ3n) is 2.12. The quantitative estimate of drug-likeness (QED) is 0.923. The van der Waals surface area contributed by atoms with Crippen LogP contribution >= 0.6 is 15.9 Å². The topological polar surface area (TPSA) is 76.9 Å². The molecule has 2 rings (SSSR count). The van der Waals surface area contributed by atoms with Crippen LogP contribution in [0.25, 0.3) is 0 Å².